The van der Waals surface area contributed by atoms with E-state index in [4.69, 9.17) is 4.74 Å². The van der Waals surface area contributed by atoms with E-state index >= 15 is 0 Å². The maximum Gasteiger partial charge on any atom is 0.122 e. The molecule has 1 unspecified atom stereocenters. The molecule has 1 atom stereocenters. The van der Waals surface area contributed by atoms with E-state index in [0.29, 0.717) is 5.92 Å². The van der Waals surface area contributed by atoms with Gasteiger partial charge in [0.05, 0.1) is 12.2 Å². The van der Waals surface area contributed by atoms with Crippen LogP contribution in [0.5, 0.6) is 5.75 Å². The third-order valence-electron chi connectivity index (χ3n) is 3.65. The van der Waals surface area contributed by atoms with Gasteiger partial charge < -0.3 is 9.84 Å². The lowest BCUT2D eigenvalue weighted by Crippen LogP contribution is -2.23. The van der Waals surface area contributed by atoms with Crippen molar-refractivity contribution in [2.24, 2.45) is 5.92 Å². The highest BCUT2D eigenvalue weighted by Gasteiger charge is 2.41. The van der Waals surface area contributed by atoms with Gasteiger partial charge in [0.2, 0.25) is 0 Å². The fraction of sp³-hybridized carbons (Fsp3) is 0.538. The molecule has 0 amide bonds. The molecular weight excluding hydrogens is 188 g/mol. The molecule has 2 heteroatoms. The fourth-order valence-corrected chi connectivity index (χ4v) is 2.38. The molecule has 1 aromatic carbocycles. The largest absolute Gasteiger partial charge is 0.493 e. The predicted octanol–water partition coefficient (Wildman–Crippen LogP) is 2.24. The van der Waals surface area contributed by atoms with Gasteiger partial charge in [-0.25, -0.2) is 0 Å². The number of fused-ring (bicyclic) bond motifs is 1. The zero-order chi connectivity index (χ0) is 10.5. The van der Waals surface area contributed by atoms with Crippen LogP contribution in [0.1, 0.15) is 30.9 Å². The maximum absolute atomic E-state index is 10.4. The lowest BCUT2D eigenvalue weighted by molar-refractivity contribution is 0.0330. The van der Waals surface area contributed by atoms with Crippen molar-refractivity contribution in [3.63, 3.8) is 0 Å². The second-order valence-electron chi connectivity index (χ2n) is 4.84. The van der Waals surface area contributed by atoms with Crippen molar-refractivity contribution >= 4 is 0 Å². The van der Waals surface area contributed by atoms with Crippen molar-refractivity contribution in [3.05, 3.63) is 29.3 Å². The zero-order valence-corrected chi connectivity index (χ0v) is 8.99. The molecule has 15 heavy (non-hydrogen) atoms. The Morgan fingerprint density at radius 2 is 2.20 bits per heavy atom. The van der Waals surface area contributed by atoms with Gasteiger partial charge in [0.25, 0.3) is 0 Å². The molecule has 2 nitrogen and oxygen atoms in total. The summed E-state index contributed by atoms with van der Waals surface area (Å²) in [7, 11) is 0. The minimum atomic E-state index is -0.641. The molecule has 0 aromatic heterocycles. The van der Waals surface area contributed by atoms with Crippen LogP contribution in [0.2, 0.25) is 0 Å². The summed E-state index contributed by atoms with van der Waals surface area (Å²) in [6, 6.07) is 6.11. The van der Waals surface area contributed by atoms with E-state index in [1.54, 1.807) is 0 Å². The van der Waals surface area contributed by atoms with Crippen LogP contribution < -0.4 is 4.74 Å². The maximum atomic E-state index is 10.4. The van der Waals surface area contributed by atoms with Gasteiger partial charge in [-0.05, 0) is 48.9 Å². The number of rotatable bonds is 2. The van der Waals surface area contributed by atoms with Crippen LogP contribution in [0.25, 0.3) is 0 Å². The minimum Gasteiger partial charge on any atom is -0.493 e. The van der Waals surface area contributed by atoms with E-state index in [-0.39, 0.29) is 0 Å². The number of hydrogen-bond donors (Lipinski definition) is 1. The number of hydrogen-bond acceptors (Lipinski definition) is 2. The summed E-state index contributed by atoms with van der Waals surface area (Å²) in [6.45, 7) is 2.71. The van der Waals surface area contributed by atoms with Crippen molar-refractivity contribution < 1.29 is 9.84 Å². The standard InChI is InChI=1S/C13H16O2/c1-13(14,10-2-3-10)11-4-5-12-9(8-11)6-7-15-12/h4-5,8,10,14H,2-3,6-7H2,1H3. The van der Waals surface area contributed by atoms with Crippen LogP contribution in [0, 0.1) is 5.92 Å². The summed E-state index contributed by atoms with van der Waals surface area (Å²) < 4.78 is 5.46. The summed E-state index contributed by atoms with van der Waals surface area (Å²) in [4.78, 5) is 0. The average molecular weight is 204 g/mol. The minimum absolute atomic E-state index is 0.456. The van der Waals surface area contributed by atoms with E-state index in [0.717, 1.165) is 37.2 Å². The molecule has 0 saturated heterocycles. The first kappa shape index (κ1) is 9.22. The van der Waals surface area contributed by atoms with E-state index in [1.165, 1.54) is 5.56 Å². The zero-order valence-electron chi connectivity index (χ0n) is 8.99. The fourth-order valence-electron chi connectivity index (χ4n) is 2.38. The summed E-state index contributed by atoms with van der Waals surface area (Å²) in [6.07, 6.45) is 3.28. The number of benzene rings is 1. The SMILES string of the molecule is CC(O)(c1ccc2c(c1)CCO2)C1CC1. The van der Waals surface area contributed by atoms with Crippen molar-refractivity contribution in [1.82, 2.24) is 0 Å². The highest BCUT2D eigenvalue weighted by molar-refractivity contribution is 5.42. The Kier molecular flexibility index (Phi) is 1.84. The predicted molar refractivity (Wildman–Crippen MR) is 57.9 cm³/mol. The van der Waals surface area contributed by atoms with E-state index in [9.17, 15) is 5.11 Å². The second-order valence-corrected chi connectivity index (χ2v) is 4.84. The first-order valence-electron chi connectivity index (χ1n) is 5.66. The Bertz CT molecular complexity index is 392. The molecule has 1 heterocycles. The summed E-state index contributed by atoms with van der Waals surface area (Å²) in [5, 5.41) is 10.4. The highest BCUT2D eigenvalue weighted by atomic mass is 16.5. The third-order valence-corrected chi connectivity index (χ3v) is 3.65. The normalized spacial score (nSPS) is 23.1. The lowest BCUT2D eigenvalue weighted by atomic mass is 9.89. The Morgan fingerprint density at radius 3 is 2.93 bits per heavy atom. The van der Waals surface area contributed by atoms with Crippen LogP contribution >= 0.6 is 0 Å². The highest BCUT2D eigenvalue weighted by Crippen LogP contribution is 2.46. The van der Waals surface area contributed by atoms with Gasteiger partial charge in [-0.15, -0.1) is 0 Å². The van der Waals surface area contributed by atoms with Gasteiger partial charge in [-0.1, -0.05) is 6.07 Å². The van der Waals surface area contributed by atoms with Crippen LogP contribution in [-0.4, -0.2) is 11.7 Å². The van der Waals surface area contributed by atoms with Crippen molar-refractivity contribution in [3.8, 4) is 5.75 Å². The van der Waals surface area contributed by atoms with Crippen LogP contribution in [0.15, 0.2) is 18.2 Å². The first-order valence-corrected chi connectivity index (χ1v) is 5.66. The third kappa shape index (κ3) is 1.44. The topological polar surface area (TPSA) is 29.5 Å². The van der Waals surface area contributed by atoms with Gasteiger partial charge in [-0.2, -0.15) is 0 Å². The molecule has 80 valence electrons. The van der Waals surface area contributed by atoms with Gasteiger partial charge in [-0.3, -0.25) is 0 Å². The van der Waals surface area contributed by atoms with Gasteiger partial charge in [0.1, 0.15) is 5.75 Å². The second kappa shape index (κ2) is 2.99. The van der Waals surface area contributed by atoms with Gasteiger partial charge in [0.15, 0.2) is 0 Å². The van der Waals surface area contributed by atoms with Crippen LogP contribution in [0.4, 0.5) is 0 Å². The molecule has 1 fully saturated rings. The molecule has 1 aromatic rings. The molecule has 0 radical (unpaired) electrons. The summed E-state index contributed by atoms with van der Waals surface area (Å²) in [5.41, 5.74) is 1.65. The number of aliphatic hydroxyl groups is 1. The van der Waals surface area contributed by atoms with Crippen LogP contribution in [0.3, 0.4) is 0 Å². The molecule has 2 aliphatic rings. The van der Waals surface area contributed by atoms with Crippen molar-refractivity contribution in [2.75, 3.05) is 6.61 Å². The first-order chi connectivity index (χ1) is 7.18. The van der Waals surface area contributed by atoms with Crippen molar-refractivity contribution in [1.29, 1.82) is 0 Å². The molecule has 0 spiro atoms. The van der Waals surface area contributed by atoms with Gasteiger partial charge in [0, 0.05) is 6.42 Å². The average Bonchev–Trinajstić information content (AvgIpc) is 2.97. The van der Waals surface area contributed by atoms with E-state index < -0.39 is 5.60 Å². The summed E-state index contributed by atoms with van der Waals surface area (Å²) >= 11 is 0. The Hall–Kier alpha value is -1.02. The quantitative estimate of drug-likeness (QED) is 0.800. The monoisotopic (exact) mass is 204 g/mol. The lowest BCUT2D eigenvalue weighted by Gasteiger charge is -2.24. The van der Waals surface area contributed by atoms with Crippen molar-refractivity contribution in [2.45, 2.75) is 31.8 Å². The molecule has 1 N–H and O–H groups in total. The smallest absolute Gasteiger partial charge is 0.122 e. The molecule has 0 bridgehead atoms. The molecule has 1 aliphatic carbocycles. The Balaban J connectivity index is 1.98. The number of ether oxygens (including phenoxy) is 1. The molecule has 3 rings (SSSR count). The Morgan fingerprint density at radius 1 is 1.40 bits per heavy atom. The molecular formula is C13H16O2. The van der Waals surface area contributed by atoms with Gasteiger partial charge >= 0.3 is 0 Å². The molecule has 1 saturated carbocycles. The van der Waals surface area contributed by atoms with E-state index in [1.807, 2.05) is 19.1 Å². The van der Waals surface area contributed by atoms with Crippen LogP contribution in [-0.2, 0) is 12.0 Å². The Labute approximate surface area is 89.9 Å². The summed E-state index contributed by atoms with van der Waals surface area (Å²) in [5.74, 6) is 1.45. The van der Waals surface area contributed by atoms with E-state index in [2.05, 4.69) is 6.07 Å². The molecule has 1 aliphatic heterocycles.